The molecule has 1 aliphatic rings. The van der Waals surface area contributed by atoms with E-state index in [2.05, 4.69) is 21.2 Å². The second-order valence-electron chi connectivity index (χ2n) is 5.42. The summed E-state index contributed by atoms with van der Waals surface area (Å²) in [6, 6.07) is 10.6. The summed E-state index contributed by atoms with van der Waals surface area (Å²) in [4.78, 5) is 24.6. The highest BCUT2D eigenvalue weighted by Gasteiger charge is 2.21. The summed E-state index contributed by atoms with van der Waals surface area (Å²) in [5, 5.41) is 2.87. The molecule has 3 rings (SSSR count). The lowest BCUT2D eigenvalue weighted by Gasteiger charge is -2.21. The first kappa shape index (κ1) is 16.5. The molecule has 2 aromatic carbocycles. The van der Waals surface area contributed by atoms with Gasteiger partial charge in [-0.2, -0.15) is 0 Å². The maximum Gasteiger partial charge on any atom is 0.235 e. The first-order valence-electron chi connectivity index (χ1n) is 7.49. The predicted molar refractivity (Wildman–Crippen MR) is 94.5 cm³/mol. The molecular formula is C18H16BrNO4. The van der Waals surface area contributed by atoms with Crippen LogP contribution in [0.4, 0.5) is 5.69 Å². The number of alkyl halides is 1. The average molecular weight is 390 g/mol. The van der Waals surface area contributed by atoms with E-state index in [1.165, 1.54) is 0 Å². The standard InChI is InChI=1S/C18H16BrNO4/c1-11-2-4-12(5-3-11)18(22)13-8-15-16(24-7-6-23-15)9-14(13)20-17(21)10-19/h2-5,8-9H,6-7,10H2,1H3,(H,20,21). The lowest BCUT2D eigenvalue weighted by Crippen LogP contribution is -2.19. The van der Waals surface area contributed by atoms with Gasteiger partial charge in [-0.15, -0.1) is 0 Å². The summed E-state index contributed by atoms with van der Waals surface area (Å²) in [6.45, 7) is 2.82. The Morgan fingerprint density at radius 1 is 1.08 bits per heavy atom. The third-order valence-corrected chi connectivity index (χ3v) is 4.15. The molecule has 0 saturated carbocycles. The summed E-state index contributed by atoms with van der Waals surface area (Å²) in [7, 11) is 0. The van der Waals surface area contributed by atoms with Crippen LogP contribution in [0.5, 0.6) is 11.5 Å². The highest BCUT2D eigenvalue weighted by Crippen LogP contribution is 2.36. The topological polar surface area (TPSA) is 64.6 Å². The summed E-state index contributed by atoms with van der Waals surface area (Å²) < 4.78 is 11.1. The van der Waals surface area contributed by atoms with Crippen LogP contribution in [0.25, 0.3) is 0 Å². The van der Waals surface area contributed by atoms with Crippen LogP contribution in [-0.4, -0.2) is 30.2 Å². The molecule has 0 fully saturated rings. The second kappa shape index (κ2) is 7.05. The van der Waals surface area contributed by atoms with Crippen LogP contribution in [0.1, 0.15) is 21.5 Å². The first-order chi connectivity index (χ1) is 11.6. The van der Waals surface area contributed by atoms with Crippen molar-refractivity contribution in [1.29, 1.82) is 0 Å². The molecule has 1 amide bonds. The van der Waals surface area contributed by atoms with Gasteiger partial charge in [0.1, 0.15) is 13.2 Å². The minimum atomic E-state index is -0.246. The number of nitrogens with one attached hydrogen (secondary N) is 1. The molecule has 5 nitrogen and oxygen atoms in total. The SMILES string of the molecule is Cc1ccc(C(=O)c2cc3c(cc2NC(=O)CBr)OCCO3)cc1. The molecule has 124 valence electrons. The van der Waals surface area contributed by atoms with Crippen molar-refractivity contribution in [1.82, 2.24) is 0 Å². The summed E-state index contributed by atoms with van der Waals surface area (Å²) in [5.41, 5.74) is 2.40. The van der Waals surface area contributed by atoms with Crippen LogP contribution >= 0.6 is 15.9 Å². The van der Waals surface area contributed by atoms with E-state index in [9.17, 15) is 9.59 Å². The van der Waals surface area contributed by atoms with E-state index in [-0.39, 0.29) is 17.0 Å². The van der Waals surface area contributed by atoms with Crippen molar-refractivity contribution in [2.45, 2.75) is 6.92 Å². The van der Waals surface area contributed by atoms with Crippen LogP contribution in [-0.2, 0) is 4.79 Å². The van der Waals surface area contributed by atoms with Crippen molar-refractivity contribution in [3.63, 3.8) is 0 Å². The molecule has 24 heavy (non-hydrogen) atoms. The molecule has 1 N–H and O–H groups in total. The monoisotopic (exact) mass is 389 g/mol. The van der Waals surface area contributed by atoms with Gasteiger partial charge in [-0.3, -0.25) is 9.59 Å². The van der Waals surface area contributed by atoms with Crippen LogP contribution in [0.2, 0.25) is 0 Å². The van der Waals surface area contributed by atoms with E-state index in [1.807, 2.05) is 19.1 Å². The van der Waals surface area contributed by atoms with Crippen molar-refractivity contribution < 1.29 is 19.1 Å². The number of ether oxygens (including phenoxy) is 2. The third kappa shape index (κ3) is 3.43. The average Bonchev–Trinajstić information content (AvgIpc) is 2.61. The van der Waals surface area contributed by atoms with Crippen LogP contribution in [0.15, 0.2) is 36.4 Å². The van der Waals surface area contributed by atoms with Gasteiger partial charge in [0.25, 0.3) is 0 Å². The van der Waals surface area contributed by atoms with Crippen molar-refractivity contribution in [2.24, 2.45) is 0 Å². The number of halogens is 1. The Morgan fingerprint density at radius 2 is 1.71 bits per heavy atom. The fourth-order valence-corrected chi connectivity index (χ4v) is 2.56. The zero-order valence-corrected chi connectivity index (χ0v) is 14.7. The number of fused-ring (bicyclic) bond motifs is 1. The van der Waals surface area contributed by atoms with Gasteiger partial charge in [-0.25, -0.2) is 0 Å². The zero-order chi connectivity index (χ0) is 17.1. The largest absolute Gasteiger partial charge is 0.486 e. The number of anilines is 1. The fraction of sp³-hybridized carbons (Fsp3) is 0.222. The highest BCUT2D eigenvalue weighted by atomic mass is 79.9. The molecule has 6 heteroatoms. The van der Waals surface area contributed by atoms with Gasteiger partial charge in [-0.1, -0.05) is 45.8 Å². The molecule has 0 aromatic heterocycles. The summed E-state index contributed by atoms with van der Waals surface area (Å²) in [5.74, 6) is 0.599. The number of hydrogen-bond donors (Lipinski definition) is 1. The van der Waals surface area contributed by atoms with Crippen LogP contribution < -0.4 is 14.8 Å². The molecule has 2 aromatic rings. The Hall–Kier alpha value is -2.34. The normalized spacial score (nSPS) is 12.6. The molecule has 0 saturated heterocycles. The number of benzene rings is 2. The van der Waals surface area contributed by atoms with Crippen LogP contribution in [0.3, 0.4) is 0 Å². The molecule has 0 unspecified atom stereocenters. The van der Waals surface area contributed by atoms with Gasteiger partial charge in [-0.05, 0) is 13.0 Å². The Kier molecular flexibility index (Phi) is 4.85. The zero-order valence-electron chi connectivity index (χ0n) is 13.1. The van der Waals surface area contributed by atoms with E-state index in [0.717, 1.165) is 5.56 Å². The number of rotatable bonds is 4. The molecule has 0 radical (unpaired) electrons. The van der Waals surface area contributed by atoms with E-state index in [4.69, 9.17) is 9.47 Å². The fourth-order valence-electron chi connectivity index (χ4n) is 2.42. The van der Waals surface area contributed by atoms with E-state index in [1.54, 1.807) is 24.3 Å². The van der Waals surface area contributed by atoms with E-state index < -0.39 is 0 Å². The number of hydrogen-bond acceptors (Lipinski definition) is 4. The molecular weight excluding hydrogens is 374 g/mol. The molecule has 0 aliphatic carbocycles. The Balaban J connectivity index is 2.04. The minimum Gasteiger partial charge on any atom is -0.486 e. The van der Waals surface area contributed by atoms with Gasteiger partial charge in [0.05, 0.1) is 16.6 Å². The van der Waals surface area contributed by atoms with Gasteiger partial charge >= 0.3 is 0 Å². The Bertz CT molecular complexity index is 786. The van der Waals surface area contributed by atoms with E-state index in [0.29, 0.717) is 41.5 Å². The van der Waals surface area contributed by atoms with Crippen molar-refractivity contribution in [3.8, 4) is 11.5 Å². The summed E-state index contributed by atoms with van der Waals surface area (Å²) in [6.07, 6.45) is 0. The van der Waals surface area contributed by atoms with Gasteiger partial charge in [0, 0.05) is 11.6 Å². The maximum absolute atomic E-state index is 12.9. The molecule has 0 spiro atoms. The molecule has 1 heterocycles. The van der Waals surface area contributed by atoms with Gasteiger partial charge < -0.3 is 14.8 Å². The van der Waals surface area contributed by atoms with Crippen molar-refractivity contribution >= 4 is 33.3 Å². The Labute approximate surface area is 148 Å². The quantitative estimate of drug-likeness (QED) is 0.643. The third-order valence-electron chi connectivity index (χ3n) is 3.64. The predicted octanol–water partition coefficient (Wildman–Crippen LogP) is 3.33. The van der Waals surface area contributed by atoms with Gasteiger partial charge in [0.2, 0.25) is 5.91 Å². The van der Waals surface area contributed by atoms with E-state index >= 15 is 0 Å². The molecule has 0 atom stereocenters. The molecule has 0 bridgehead atoms. The number of ketones is 1. The van der Waals surface area contributed by atoms with Crippen molar-refractivity contribution in [2.75, 3.05) is 23.9 Å². The van der Waals surface area contributed by atoms with Crippen molar-refractivity contribution in [3.05, 3.63) is 53.1 Å². The lowest BCUT2D eigenvalue weighted by molar-refractivity contribution is -0.113. The maximum atomic E-state index is 12.9. The lowest BCUT2D eigenvalue weighted by atomic mass is 9.99. The molecule has 1 aliphatic heterocycles. The number of amides is 1. The highest BCUT2D eigenvalue weighted by molar-refractivity contribution is 9.09. The first-order valence-corrected chi connectivity index (χ1v) is 8.61. The number of carbonyl (C=O) groups excluding carboxylic acids is 2. The second-order valence-corrected chi connectivity index (χ2v) is 5.98. The van der Waals surface area contributed by atoms with Gasteiger partial charge in [0.15, 0.2) is 17.3 Å². The Morgan fingerprint density at radius 3 is 2.33 bits per heavy atom. The number of carbonyl (C=O) groups is 2. The summed E-state index contributed by atoms with van der Waals surface area (Å²) >= 11 is 3.11. The minimum absolute atomic E-state index is 0.138. The van der Waals surface area contributed by atoms with Crippen LogP contribution in [0, 0.1) is 6.92 Å². The number of aryl methyl sites for hydroxylation is 1. The smallest absolute Gasteiger partial charge is 0.235 e.